The molecule has 1 fully saturated rings. The van der Waals surface area contributed by atoms with Gasteiger partial charge in [0.05, 0.1) is 6.10 Å². The zero-order chi connectivity index (χ0) is 18.8. The average molecular weight is 369 g/mol. The molecule has 3 unspecified atom stereocenters. The normalized spacial score (nSPS) is 23.4. The molecule has 3 heteroatoms. The van der Waals surface area contributed by atoms with Crippen LogP contribution in [0.15, 0.2) is 66.0 Å². The SMILES string of the molecule is C=P\C=C/C(=C\C=C\C)C1CN(Cc2ccccc2)CC1C(C)OCC. The van der Waals surface area contributed by atoms with Crippen molar-refractivity contribution in [3.63, 3.8) is 0 Å². The van der Waals surface area contributed by atoms with Crippen molar-refractivity contribution in [1.82, 2.24) is 4.90 Å². The van der Waals surface area contributed by atoms with E-state index < -0.39 is 0 Å². The molecular formula is C23H32NOP. The van der Waals surface area contributed by atoms with Crippen molar-refractivity contribution >= 4 is 14.5 Å². The van der Waals surface area contributed by atoms with Crippen LogP contribution in [0, 0.1) is 11.8 Å². The van der Waals surface area contributed by atoms with E-state index in [0.29, 0.717) is 11.8 Å². The van der Waals surface area contributed by atoms with Crippen LogP contribution in [-0.4, -0.2) is 37.0 Å². The zero-order valence-corrected chi connectivity index (χ0v) is 17.2. The van der Waals surface area contributed by atoms with Gasteiger partial charge < -0.3 is 4.74 Å². The van der Waals surface area contributed by atoms with E-state index in [2.05, 4.69) is 92.4 Å². The fraction of sp³-hybridized carbons (Fsp3) is 0.435. The van der Waals surface area contributed by atoms with Crippen LogP contribution < -0.4 is 0 Å². The summed E-state index contributed by atoms with van der Waals surface area (Å²) in [5, 5.41) is 0. The molecule has 0 aliphatic carbocycles. The summed E-state index contributed by atoms with van der Waals surface area (Å²) in [4.78, 5) is 2.57. The van der Waals surface area contributed by atoms with Gasteiger partial charge in [-0.05, 0) is 37.7 Å². The number of hydrogen-bond acceptors (Lipinski definition) is 2. The highest BCUT2D eigenvalue weighted by Crippen LogP contribution is 2.35. The number of likely N-dealkylation sites (tertiary alicyclic amines) is 1. The lowest BCUT2D eigenvalue weighted by atomic mass is 9.85. The summed E-state index contributed by atoms with van der Waals surface area (Å²) in [6.07, 6.45) is 12.9. The van der Waals surface area contributed by atoms with Crippen molar-refractivity contribution < 1.29 is 4.74 Å². The predicted molar refractivity (Wildman–Crippen MR) is 116 cm³/mol. The van der Waals surface area contributed by atoms with Crippen LogP contribution >= 0.6 is 8.20 Å². The van der Waals surface area contributed by atoms with Crippen molar-refractivity contribution in [3.05, 3.63) is 71.6 Å². The van der Waals surface area contributed by atoms with Crippen molar-refractivity contribution in [3.8, 4) is 0 Å². The van der Waals surface area contributed by atoms with Crippen LogP contribution in [0.25, 0.3) is 0 Å². The maximum Gasteiger partial charge on any atom is 0.0593 e. The molecule has 0 bridgehead atoms. The molecule has 2 nitrogen and oxygen atoms in total. The summed E-state index contributed by atoms with van der Waals surface area (Å²) < 4.78 is 6.00. The van der Waals surface area contributed by atoms with Gasteiger partial charge in [0.15, 0.2) is 0 Å². The van der Waals surface area contributed by atoms with Gasteiger partial charge >= 0.3 is 0 Å². The molecule has 0 radical (unpaired) electrons. The molecule has 1 aliphatic rings. The minimum absolute atomic E-state index is 0.255. The molecule has 0 saturated carbocycles. The Hall–Kier alpha value is -1.47. The molecule has 0 spiro atoms. The molecule has 0 amide bonds. The lowest BCUT2D eigenvalue weighted by molar-refractivity contribution is 0.0274. The molecule has 140 valence electrons. The van der Waals surface area contributed by atoms with Gasteiger partial charge in [-0.25, -0.2) is 0 Å². The third-order valence-electron chi connectivity index (χ3n) is 5.00. The third kappa shape index (κ3) is 6.06. The second kappa shape index (κ2) is 11.3. The van der Waals surface area contributed by atoms with Gasteiger partial charge in [0.1, 0.15) is 0 Å². The maximum absolute atomic E-state index is 6.00. The highest BCUT2D eigenvalue weighted by molar-refractivity contribution is 7.40. The first-order valence-corrected chi connectivity index (χ1v) is 10.7. The molecule has 1 aromatic carbocycles. The number of benzene rings is 1. The Kier molecular flexibility index (Phi) is 9.05. The molecule has 2 rings (SSSR count). The number of hydrogen-bond donors (Lipinski definition) is 0. The van der Waals surface area contributed by atoms with E-state index in [1.807, 2.05) is 0 Å². The van der Waals surface area contributed by atoms with Crippen molar-refractivity contribution in [2.24, 2.45) is 11.8 Å². The van der Waals surface area contributed by atoms with Crippen LogP contribution in [-0.2, 0) is 11.3 Å². The van der Waals surface area contributed by atoms with Crippen LogP contribution in [0.2, 0.25) is 0 Å². The van der Waals surface area contributed by atoms with Crippen molar-refractivity contribution in [1.29, 1.82) is 0 Å². The lowest BCUT2D eigenvalue weighted by Gasteiger charge is -2.25. The van der Waals surface area contributed by atoms with Gasteiger partial charge in [-0.2, -0.15) is 0 Å². The second-order valence-electron chi connectivity index (χ2n) is 6.80. The number of nitrogens with zero attached hydrogens (tertiary/aromatic N) is 1. The summed E-state index contributed by atoms with van der Waals surface area (Å²) in [6.45, 7) is 10.3. The highest BCUT2D eigenvalue weighted by Gasteiger charge is 2.37. The Morgan fingerprint density at radius 1 is 1.35 bits per heavy atom. The first kappa shape index (κ1) is 20.8. The Balaban J connectivity index is 2.23. The first-order chi connectivity index (χ1) is 12.7. The fourth-order valence-corrected chi connectivity index (χ4v) is 4.03. The van der Waals surface area contributed by atoms with E-state index in [4.69, 9.17) is 4.74 Å². The predicted octanol–water partition coefficient (Wildman–Crippen LogP) is 5.55. The van der Waals surface area contributed by atoms with Crippen molar-refractivity contribution in [2.45, 2.75) is 33.4 Å². The van der Waals surface area contributed by atoms with Crippen LogP contribution in [0.3, 0.4) is 0 Å². The third-order valence-corrected chi connectivity index (χ3v) is 5.36. The molecular weight excluding hydrogens is 337 g/mol. The second-order valence-corrected chi connectivity index (χ2v) is 7.46. The van der Waals surface area contributed by atoms with Gasteiger partial charge in [0.2, 0.25) is 0 Å². The maximum atomic E-state index is 6.00. The standard InChI is InChI=1S/C23H32NOP/c1-5-7-13-21(14-15-26-4)23-18-24(16-20-11-9-8-10-12-20)17-22(23)19(3)25-6-2/h5,7-15,19,22-23H,4,6,16-18H2,1-3H3/b7-5+,15-14-,21-13+. The highest BCUT2D eigenvalue weighted by atomic mass is 31.1. The van der Waals surface area contributed by atoms with Gasteiger partial charge in [-0.15, -0.1) is 0 Å². The molecule has 1 saturated heterocycles. The first-order valence-electron chi connectivity index (χ1n) is 9.52. The van der Waals surface area contributed by atoms with Gasteiger partial charge in [0, 0.05) is 38.1 Å². The molecule has 3 atom stereocenters. The van der Waals surface area contributed by atoms with E-state index in [-0.39, 0.29) is 6.10 Å². The molecule has 0 N–H and O–H groups in total. The number of rotatable bonds is 9. The summed E-state index contributed by atoms with van der Waals surface area (Å²) in [6, 6.07) is 10.8. The zero-order valence-electron chi connectivity index (χ0n) is 16.3. The van der Waals surface area contributed by atoms with E-state index in [9.17, 15) is 0 Å². The van der Waals surface area contributed by atoms with Crippen LogP contribution in [0.5, 0.6) is 0 Å². The van der Waals surface area contributed by atoms with Gasteiger partial charge in [-0.1, -0.05) is 69.1 Å². The summed E-state index contributed by atoms with van der Waals surface area (Å²) in [7, 11) is 1.05. The summed E-state index contributed by atoms with van der Waals surface area (Å²) in [5.74, 6) is 3.12. The van der Waals surface area contributed by atoms with Crippen molar-refractivity contribution in [2.75, 3.05) is 19.7 Å². The molecule has 26 heavy (non-hydrogen) atoms. The summed E-state index contributed by atoms with van der Waals surface area (Å²) in [5.41, 5.74) is 2.76. The number of ether oxygens (including phenoxy) is 1. The summed E-state index contributed by atoms with van der Waals surface area (Å²) >= 11 is 0. The Morgan fingerprint density at radius 3 is 2.77 bits per heavy atom. The largest absolute Gasteiger partial charge is 0.378 e. The Bertz CT molecular complexity index is 635. The smallest absolute Gasteiger partial charge is 0.0593 e. The topological polar surface area (TPSA) is 12.5 Å². The minimum Gasteiger partial charge on any atom is -0.378 e. The molecule has 1 heterocycles. The fourth-order valence-electron chi connectivity index (χ4n) is 3.75. The molecule has 1 aromatic rings. The van der Waals surface area contributed by atoms with E-state index >= 15 is 0 Å². The van der Waals surface area contributed by atoms with E-state index in [0.717, 1.165) is 34.4 Å². The van der Waals surface area contributed by atoms with Crippen LogP contribution in [0.4, 0.5) is 0 Å². The average Bonchev–Trinajstić information content (AvgIpc) is 3.06. The molecule has 1 aliphatic heterocycles. The van der Waals surface area contributed by atoms with E-state index in [1.165, 1.54) is 11.1 Å². The van der Waals surface area contributed by atoms with E-state index in [1.54, 1.807) is 0 Å². The number of allylic oxidation sites excluding steroid dienone is 4. The lowest BCUT2D eigenvalue weighted by Crippen LogP contribution is -2.28. The Morgan fingerprint density at radius 2 is 2.12 bits per heavy atom. The minimum atomic E-state index is 0.255. The van der Waals surface area contributed by atoms with Gasteiger partial charge in [0.25, 0.3) is 0 Å². The van der Waals surface area contributed by atoms with Crippen LogP contribution in [0.1, 0.15) is 26.3 Å². The monoisotopic (exact) mass is 369 g/mol. The molecule has 0 aromatic heterocycles. The van der Waals surface area contributed by atoms with Gasteiger partial charge in [-0.3, -0.25) is 4.90 Å². The quantitative estimate of drug-likeness (QED) is 0.418. The Labute approximate surface area is 161 Å².